The maximum Gasteiger partial charge on any atom is 0.0991 e. The van der Waals surface area contributed by atoms with E-state index in [4.69, 9.17) is 22.1 Å². The van der Waals surface area contributed by atoms with E-state index < -0.39 is 0 Å². The van der Waals surface area contributed by atoms with Crippen LogP contribution in [0.5, 0.6) is 0 Å². The van der Waals surface area contributed by atoms with Gasteiger partial charge in [0.1, 0.15) is 0 Å². The molecule has 3 rings (SSSR count). The molecule has 0 aliphatic carbocycles. The molecule has 0 aliphatic rings. The highest BCUT2D eigenvalue weighted by Crippen LogP contribution is 2.30. The molecule has 3 aromatic rings. The largest absolute Gasteiger partial charge is 0.192 e. The summed E-state index contributed by atoms with van der Waals surface area (Å²) in [6, 6.07) is 24.9. The first kappa shape index (κ1) is 14.9. The van der Waals surface area contributed by atoms with Gasteiger partial charge in [-0.3, -0.25) is 0 Å². The van der Waals surface area contributed by atoms with Gasteiger partial charge in [0.25, 0.3) is 0 Å². The van der Waals surface area contributed by atoms with Crippen LogP contribution in [0.15, 0.2) is 66.7 Å². The summed E-state index contributed by atoms with van der Waals surface area (Å²) in [5.41, 5.74) is 5.10. The monoisotopic (exact) mass is 314 g/mol. The maximum atomic E-state index is 9.04. The minimum atomic E-state index is 0.613. The Balaban J connectivity index is 2.08. The summed E-state index contributed by atoms with van der Waals surface area (Å²) in [5, 5.41) is 18.6. The van der Waals surface area contributed by atoms with Crippen molar-refractivity contribution in [1.82, 2.24) is 0 Å². The van der Waals surface area contributed by atoms with E-state index in [-0.39, 0.29) is 0 Å². The average molecular weight is 315 g/mol. The molecule has 0 heterocycles. The molecule has 0 amide bonds. The normalized spacial score (nSPS) is 9.87. The van der Waals surface area contributed by atoms with Gasteiger partial charge in [0.2, 0.25) is 0 Å². The van der Waals surface area contributed by atoms with Gasteiger partial charge in [0.15, 0.2) is 0 Å². The maximum absolute atomic E-state index is 9.04. The van der Waals surface area contributed by atoms with Crippen LogP contribution in [0.4, 0.5) is 0 Å². The zero-order valence-electron chi connectivity index (χ0n) is 12.1. The predicted molar refractivity (Wildman–Crippen MR) is 91.8 cm³/mol. The summed E-state index contributed by atoms with van der Waals surface area (Å²) in [5.74, 6) is 0. The highest BCUT2D eigenvalue weighted by molar-refractivity contribution is 6.31. The van der Waals surface area contributed by atoms with Crippen LogP contribution >= 0.6 is 11.6 Å². The third kappa shape index (κ3) is 3.24. The molecule has 0 unspecified atom stereocenters. The van der Waals surface area contributed by atoms with Gasteiger partial charge in [-0.05, 0) is 64.7 Å². The quantitative estimate of drug-likeness (QED) is 0.634. The van der Waals surface area contributed by atoms with Crippen LogP contribution in [0.2, 0.25) is 5.02 Å². The van der Waals surface area contributed by atoms with Crippen LogP contribution in [-0.4, -0.2) is 0 Å². The molecule has 0 saturated heterocycles. The fourth-order valence-corrected chi connectivity index (χ4v) is 2.66. The van der Waals surface area contributed by atoms with Gasteiger partial charge in [0, 0.05) is 5.02 Å². The zero-order chi connectivity index (χ0) is 16.2. The fraction of sp³-hybridized carbons (Fsp3) is 0. The van der Waals surface area contributed by atoms with Crippen LogP contribution in [0.3, 0.4) is 0 Å². The summed E-state index contributed by atoms with van der Waals surface area (Å²) >= 11 is 6.26. The van der Waals surface area contributed by atoms with Gasteiger partial charge >= 0.3 is 0 Å². The smallest absolute Gasteiger partial charge is 0.0991 e. The van der Waals surface area contributed by atoms with Gasteiger partial charge in [-0.15, -0.1) is 0 Å². The molecule has 3 heteroatoms. The van der Waals surface area contributed by atoms with Gasteiger partial charge in [-0.2, -0.15) is 10.5 Å². The average Bonchev–Trinajstić information content (AvgIpc) is 2.61. The Morgan fingerprint density at radius 1 is 0.609 bits per heavy atom. The van der Waals surface area contributed by atoms with Gasteiger partial charge in [-0.1, -0.05) is 35.9 Å². The van der Waals surface area contributed by atoms with Crippen molar-refractivity contribution in [2.75, 3.05) is 0 Å². The Kier molecular flexibility index (Phi) is 4.11. The van der Waals surface area contributed by atoms with Crippen molar-refractivity contribution in [2.24, 2.45) is 0 Å². The molecule has 0 fully saturated rings. The second kappa shape index (κ2) is 6.36. The first-order chi connectivity index (χ1) is 11.2. The van der Waals surface area contributed by atoms with Crippen LogP contribution in [0.1, 0.15) is 11.1 Å². The molecule has 0 radical (unpaired) electrons. The van der Waals surface area contributed by atoms with Crippen LogP contribution < -0.4 is 0 Å². The molecule has 0 aliphatic heterocycles. The molecule has 108 valence electrons. The number of nitriles is 2. The second-order valence-corrected chi connectivity index (χ2v) is 5.55. The van der Waals surface area contributed by atoms with Crippen molar-refractivity contribution in [3.8, 4) is 34.4 Å². The van der Waals surface area contributed by atoms with E-state index >= 15 is 0 Å². The van der Waals surface area contributed by atoms with E-state index in [1.807, 2.05) is 48.5 Å². The number of rotatable bonds is 2. The van der Waals surface area contributed by atoms with E-state index in [1.165, 1.54) is 0 Å². The van der Waals surface area contributed by atoms with Gasteiger partial charge < -0.3 is 0 Å². The number of benzene rings is 3. The summed E-state index contributed by atoms with van der Waals surface area (Å²) in [7, 11) is 0. The Hall–Kier alpha value is -3.07. The summed E-state index contributed by atoms with van der Waals surface area (Å²) in [6.07, 6.45) is 0. The fourth-order valence-electron chi connectivity index (χ4n) is 2.43. The van der Waals surface area contributed by atoms with Crippen LogP contribution in [0.25, 0.3) is 22.3 Å². The molecule has 0 N–H and O–H groups in total. The molecule has 0 bridgehead atoms. The molecule has 0 aromatic heterocycles. The zero-order valence-corrected chi connectivity index (χ0v) is 12.9. The molecule has 23 heavy (non-hydrogen) atoms. The topological polar surface area (TPSA) is 47.6 Å². The van der Waals surface area contributed by atoms with E-state index in [2.05, 4.69) is 12.1 Å². The number of nitrogens with zero attached hydrogens (tertiary/aromatic N) is 2. The third-order valence-electron chi connectivity index (χ3n) is 3.57. The summed E-state index contributed by atoms with van der Waals surface area (Å²) in [4.78, 5) is 0. The van der Waals surface area contributed by atoms with E-state index in [0.29, 0.717) is 16.1 Å². The van der Waals surface area contributed by atoms with Crippen LogP contribution in [0, 0.1) is 22.7 Å². The van der Waals surface area contributed by atoms with Crippen molar-refractivity contribution >= 4 is 11.6 Å². The molecule has 3 aromatic carbocycles. The summed E-state index contributed by atoms with van der Waals surface area (Å²) in [6.45, 7) is 0. The summed E-state index contributed by atoms with van der Waals surface area (Å²) < 4.78 is 0. The van der Waals surface area contributed by atoms with Crippen molar-refractivity contribution in [3.63, 3.8) is 0 Å². The molecule has 0 saturated carbocycles. The van der Waals surface area contributed by atoms with E-state index in [1.54, 1.807) is 18.2 Å². The Bertz CT molecular complexity index is 945. The van der Waals surface area contributed by atoms with Gasteiger partial charge in [0.05, 0.1) is 23.3 Å². The number of halogens is 1. The van der Waals surface area contributed by atoms with Gasteiger partial charge in [-0.25, -0.2) is 0 Å². The highest BCUT2D eigenvalue weighted by Gasteiger charge is 2.06. The highest BCUT2D eigenvalue weighted by atomic mass is 35.5. The first-order valence-electron chi connectivity index (χ1n) is 7.01. The van der Waals surface area contributed by atoms with E-state index in [9.17, 15) is 0 Å². The molecule has 0 spiro atoms. The van der Waals surface area contributed by atoms with E-state index in [0.717, 1.165) is 22.3 Å². The second-order valence-electron chi connectivity index (χ2n) is 5.11. The minimum absolute atomic E-state index is 0.613. The Morgan fingerprint density at radius 3 is 1.91 bits per heavy atom. The number of hydrogen-bond acceptors (Lipinski definition) is 2. The minimum Gasteiger partial charge on any atom is -0.192 e. The Morgan fingerprint density at radius 2 is 1.26 bits per heavy atom. The molecular weight excluding hydrogens is 304 g/mol. The molecular formula is C20H11ClN2. The molecule has 2 nitrogen and oxygen atoms in total. The molecule has 0 atom stereocenters. The third-order valence-corrected chi connectivity index (χ3v) is 3.79. The van der Waals surface area contributed by atoms with Crippen molar-refractivity contribution in [1.29, 1.82) is 10.5 Å². The van der Waals surface area contributed by atoms with Crippen molar-refractivity contribution in [2.45, 2.75) is 0 Å². The lowest BCUT2D eigenvalue weighted by atomic mass is 9.97. The van der Waals surface area contributed by atoms with Crippen molar-refractivity contribution < 1.29 is 0 Å². The van der Waals surface area contributed by atoms with Crippen molar-refractivity contribution in [3.05, 3.63) is 82.9 Å². The van der Waals surface area contributed by atoms with Crippen LogP contribution in [-0.2, 0) is 0 Å². The Labute approximate surface area is 139 Å². The number of hydrogen-bond donors (Lipinski definition) is 0. The first-order valence-corrected chi connectivity index (χ1v) is 7.39. The lowest BCUT2D eigenvalue weighted by Gasteiger charge is -2.08. The SMILES string of the molecule is N#Cc1ccc(-c2cc(Cl)cc(-c3cccc(C#N)c3)c2)cc1. The standard InChI is InChI=1S/C20H11ClN2/c21-20-10-18(16-6-4-14(12-22)5-7-16)9-19(11-20)17-3-1-2-15(8-17)13-23/h1-11H. The lowest BCUT2D eigenvalue weighted by molar-refractivity contribution is 1.48. The lowest BCUT2D eigenvalue weighted by Crippen LogP contribution is -1.84. The predicted octanol–water partition coefficient (Wildman–Crippen LogP) is 5.42.